The van der Waals surface area contributed by atoms with Gasteiger partial charge >= 0.3 is 5.97 Å². The number of carbonyl (C=O) groups is 2. The van der Waals surface area contributed by atoms with Crippen molar-refractivity contribution >= 4 is 40.8 Å². The summed E-state index contributed by atoms with van der Waals surface area (Å²) in [6, 6.07) is 7.62. The van der Waals surface area contributed by atoms with Gasteiger partial charge < -0.3 is 24.3 Å². The average molecular weight is 470 g/mol. The maximum Gasteiger partial charge on any atom is 0.339 e. The minimum atomic E-state index is -1.08. The van der Waals surface area contributed by atoms with Gasteiger partial charge in [0.25, 0.3) is 5.91 Å². The molecule has 0 bridgehead atoms. The Balaban J connectivity index is 2.19. The lowest BCUT2D eigenvalue weighted by molar-refractivity contribution is -0.123. The van der Waals surface area contributed by atoms with Gasteiger partial charge in [-0.3, -0.25) is 4.79 Å². The molecule has 168 valence electrons. The summed E-state index contributed by atoms with van der Waals surface area (Å²) in [4.78, 5) is 25.1. The van der Waals surface area contributed by atoms with E-state index in [-0.39, 0.29) is 5.56 Å². The van der Waals surface area contributed by atoms with Crippen molar-refractivity contribution in [3.8, 4) is 17.2 Å². The predicted octanol–water partition coefficient (Wildman–Crippen LogP) is 5.37. The number of hydrogen-bond acceptors (Lipinski definition) is 6. The van der Waals surface area contributed by atoms with Crippen LogP contribution in [-0.4, -0.2) is 37.8 Å². The average Bonchev–Trinajstić information content (AvgIpc) is 2.69. The van der Waals surface area contributed by atoms with Gasteiger partial charge in [0, 0.05) is 15.7 Å². The molecule has 7 nitrogen and oxygen atoms in total. The van der Waals surface area contributed by atoms with E-state index in [2.05, 4.69) is 5.32 Å². The van der Waals surface area contributed by atoms with Crippen LogP contribution in [0, 0.1) is 0 Å². The zero-order valence-electron chi connectivity index (χ0n) is 17.8. The number of benzene rings is 2. The number of carbonyl (C=O) groups excluding carboxylic acids is 2. The fourth-order valence-corrected chi connectivity index (χ4v) is 3.18. The lowest BCUT2D eigenvalue weighted by atomic mass is 10.1. The van der Waals surface area contributed by atoms with Crippen molar-refractivity contribution in [2.24, 2.45) is 0 Å². The number of nitrogens with one attached hydrogen (secondary N) is 1. The molecule has 2 rings (SSSR count). The summed E-state index contributed by atoms with van der Waals surface area (Å²) in [7, 11) is 0. The van der Waals surface area contributed by atoms with E-state index in [9.17, 15) is 9.59 Å². The fraction of sp³-hybridized carbons (Fsp3) is 0.364. The summed E-state index contributed by atoms with van der Waals surface area (Å²) in [6.07, 6.45) is -1.08. The number of esters is 1. The summed E-state index contributed by atoms with van der Waals surface area (Å²) in [5, 5.41) is 3.35. The van der Waals surface area contributed by atoms with E-state index < -0.39 is 18.0 Å². The van der Waals surface area contributed by atoms with Crippen molar-refractivity contribution in [3.05, 3.63) is 45.9 Å². The molecule has 0 aliphatic rings. The van der Waals surface area contributed by atoms with Gasteiger partial charge in [0.15, 0.2) is 17.6 Å². The highest BCUT2D eigenvalue weighted by molar-refractivity contribution is 6.35. The van der Waals surface area contributed by atoms with Crippen LogP contribution >= 0.6 is 23.2 Å². The number of anilines is 1. The van der Waals surface area contributed by atoms with E-state index in [1.807, 2.05) is 20.8 Å². The molecule has 2 aromatic rings. The fourth-order valence-electron chi connectivity index (χ4n) is 2.66. The van der Waals surface area contributed by atoms with E-state index >= 15 is 0 Å². The number of ether oxygens (including phenoxy) is 4. The van der Waals surface area contributed by atoms with Crippen LogP contribution in [-0.2, 0) is 9.53 Å². The number of halogens is 2. The first-order chi connectivity index (χ1) is 14.8. The number of rotatable bonds is 10. The molecule has 2 aromatic carbocycles. The highest BCUT2D eigenvalue weighted by Gasteiger charge is 2.23. The Bertz CT molecular complexity index is 887. The molecular formula is C22H25Cl2NO6. The third-order valence-electron chi connectivity index (χ3n) is 3.93. The van der Waals surface area contributed by atoms with Gasteiger partial charge in [0.2, 0.25) is 5.75 Å². The molecule has 0 aromatic heterocycles. The molecule has 0 fully saturated rings. The molecule has 0 saturated carbocycles. The summed E-state index contributed by atoms with van der Waals surface area (Å²) in [6.45, 7) is 8.05. The third-order valence-corrected chi connectivity index (χ3v) is 4.36. The van der Waals surface area contributed by atoms with Crippen molar-refractivity contribution in [1.29, 1.82) is 0 Å². The Hall–Kier alpha value is -2.64. The minimum absolute atomic E-state index is 0.167. The number of amides is 1. The van der Waals surface area contributed by atoms with Crippen LogP contribution in [0.5, 0.6) is 17.2 Å². The highest BCUT2D eigenvalue weighted by Crippen LogP contribution is 2.39. The van der Waals surface area contributed by atoms with Crippen LogP contribution in [0.25, 0.3) is 0 Å². The minimum Gasteiger partial charge on any atom is -0.490 e. The van der Waals surface area contributed by atoms with E-state index in [1.165, 1.54) is 31.2 Å². The van der Waals surface area contributed by atoms with Gasteiger partial charge in [-0.15, -0.1) is 0 Å². The Morgan fingerprint density at radius 1 is 0.871 bits per heavy atom. The lowest BCUT2D eigenvalue weighted by Crippen LogP contribution is -2.30. The smallest absolute Gasteiger partial charge is 0.339 e. The standard InChI is InChI=1S/C22H25Cl2NO6/c1-5-28-18-8-14(9-19(29-6-2)20(18)30-7-3)22(27)31-13(4)21(26)25-17-11-15(23)10-16(24)12-17/h8-13H,5-7H2,1-4H3,(H,25,26). The zero-order chi connectivity index (χ0) is 23.0. The largest absolute Gasteiger partial charge is 0.490 e. The maximum atomic E-state index is 12.7. The molecule has 1 N–H and O–H groups in total. The van der Waals surface area contributed by atoms with Gasteiger partial charge in [-0.05, 0) is 58.0 Å². The second kappa shape index (κ2) is 11.7. The molecule has 0 aliphatic heterocycles. The molecule has 1 atom stereocenters. The summed E-state index contributed by atoms with van der Waals surface area (Å²) >= 11 is 11.9. The van der Waals surface area contributed by atoms with Crippen molar-refractivity contribution < 1.29 is 28.5 Å². The van der Waals surface area contributed by atoms with Gasteiger partial charge in [0.1, 0.15) is 0 Å². The Kier molecular flexibility index (Phi) is 9.27. The molecular weight excluding hydrogens is 445 g/mol. The molecule has 9 heteroatoms. The van der Waals surface area contributed by atoms with Gasteiger partial charge in [0.05, 0.1) is 25.4 Å². The third kappa shape index (κ3) is 6.94. The van der Waals surface area contributed by atoms with Crippen LogP contribution < -0.4 is 19.5 Å². The van der Waals surface area contributed by atoms with Crippen molar-refractivity contribution in [3.63, 3.8) is 0 Å². The van der Waals surface area contributed by atoms with Crippen LogP contribution in [0.3, 0.4) is 0 Å². The SMILES string of the molecule is CCOc1cc(C(=O)OC(C)C(=O)Nc2cc(Cl)cc(Cl)c2)cc(OCC)c1OCC. The van der Waals surface area contributed by atoms with Gasteiger partial charge in [-0.25, -0.2) is 4.79 Å². The summed E-state index contributed by atoms with van der Waals surface area (Å²) in [5.41, 5.74) is 0.560. The quantitative estimate of drug-likeness (QED) is 0.470. The van der Waals surface area contributed by atoms with Crippen molar-refractivity contribution in [1.82, 2.24) is 0 Å². The summed E-state index contributed by atoms with van der Waals surface area (Å²) < 4.78 is 22.2. The highest BCUT2D eigenvalue weighted by atomic mass is 35.5. The zero-order valence-corrected chi connectivity index (χ0v) is 19.3. The first-order valence-electron chi connectivity index (χ1n) is 9.83. The van der Waals surface area contributed by atoms with Crippen LogP contribution in [0.1, 0.15) is 38.1 Å². The Morgan fingerprint density at radius 3 is 1.87 bits per heavy atom. The van der Waals surface area contributed by atoms with Gasteiger partial charge in [-0.1, -0.05) is 23.2 Å². The number of hydrogen-bond donors (Lipinski definition) is 1. The normalized spacial score (nSPS) is 11.4. The molecule has 31 heavy (non-hydrogen) atoms. The summed E-state index contributed by atoms with van der Waals surface area (Å²) in [5.74, 6) is -0.128. The van der Waals surface area contributed by atoms with Crippen LogP contribution in [0.4, 0.5) is 5.69 Å². The molecule has 0 spiro atoms. The van der Waals surface area contributed by atoms with Crippen molar-refractivity contribution in [2.75, 3.05) is 25.1 Å². The molecule has 0 heterocycles. The molecule has 1 amide bonds. The Morgan fingerprint density at radius 2 is 1.39 bits per heavy atom. The predicted molar refractivity (Wildman–Crippen MR) is 120 cm³/mol. The molecule has 1 unspecified atom stereocenters. The molecule has 0 radical (unpaired) electrons. The van der Waals surface area contributed by atoms with Gasteiger partial charge in [-0.2, -0.15) is 0 Å². The second-order valence-electron chi connectivity index (χ2n) is 6.30. The van der Waals surface area contributed by atoms with E-state index in [1.54, 1.807) is 6.07 Å². The lowest BCUT2D eigenvalue weighted by Gasteiger charge is -2.18. The van der Waals surface area contributed by atoms with Crippen molar-refractivity contribution in [2.45, 2.75) is 33.8 Å². The topological polar surface area (TPSA) is 83.1 Å². The monoisotopic (exact) mass is 469 g/mol. The second-order valence-corrected chi connectivity index (χ2v) is 7.17. The first kappa shape index (κ1) is 24.6. The van der Waals surface area contributed by atoms with E-state index in [0.29, 0.717) is 52.8 Å². The van der Waals surface area contributed by atoms with Crippen LogP contribution in [0.15, 0.2) is 30.3 Å². The molecule has 0 aliphatic carbocycles. The first-order valence-corrected chi connectivity index (χ1v) is 10.6. The van der Waals surface area contributed by atoms with E-state index in [4.69, 9.17) is 42.1 Å². The molecule has 0 saturated heterocycles. The van der Waals surface area contributed by atoms with Crippen LogP contribution in [0.2, 0.25) is 10.0 Å². The maximum absolute atomic E-state index is 12.7. The van der Waals surface area contributed by atoms with E-state index in [0.717, 1.165) is 0 Å². The Labute approximate surface area is 191 Å².